The molecule has 0 spiro atoms. The number of halogens is 2. The molecule has 3 aromatic rings. The Morgan fingerprint density at radius 1 is 1.17 bits per heavy atom. The van der Waals surface area contributed by atoms with Crippen LogP contribution in [0.5, 0.6) is 5.75 Å². The number of aromatic nitrogens is 1. The molecule has 1 aromatic heterocycles. The lowest BCUT2D eigenvalue weighted by Gasteiger charge is -2.26. The SMILES string of the molecule is COc1ccccc1C1NCCc2c1[nH]c1ccc(Cl)cc21.Cl. The van der Waals surface area contributed by atoms with Crippen LogP contribution < -0.4 is 10.1 Å². The van der Waals surface area contributed by atoms with Crippen LogP contribution in [0.4, 0.5) is 0 Å². The molecule has 5 heteroatoms. The summed E-state index contributed by atoms with van der Waals surface area (Å²) in [6, 6.07) is 14.3. The summed E-state index contributed by atoms with van der Waals surface area (Å²) in [4.78, 5) is 3.57. The maximum atomic E-state index is 6.17. The third-order valence-electron chi connectivity index (χ3n) is 4.36. The van der Waals surface area contributed by atoms with Crippen LogP contribution in [0.1, 0.15) is 22.9 Å². The van der Waals surface area contributed by atoms with Gasteiger partial charge in [0.05, 0.1) is 13.2 Å². The van der Waals surface area contributed by atoms with Gasteiger partial charge in [0.25, 0.3) is 0 Å². The van der Waals surface area contributed by atoms with Crippen molar-refractivity contribution in [2.24, 2.45) is 0 Å². The lowest BCUT2D eigenvalue weighted by atomic mass is 9.94. The maximum absolute atomic E-state index is 6.17. The molecule has 1 atom stereocenters. The van der Waals surface area contributed by atoms with Gasteiger partial charge in [-0.3, -0.25) is 0 Å². The van der Waals surface area contributed by atoms with Crippen LogP contribution in [0.25, 0.3) is 10.9 Å². The highest BCUT2D eigenvalue weighted by atomic mass is 35.5. The van der Waals surface area contributed by atoms with Crippen molar-refractivity contribution in [3.63, 3.8) is 0 Å². The molecule has 2 aromatic carbocycles. The van der Waals surface area contributed by atoms with Crippen LogP contribution in [0, 0.1) is 0 Å². The van der Waals surface area contributed by atoms with Crippen LogP contribution in [-0.2, 0) is 6.42 Å². The zero-order valence-corrected chi connectivity index (χ0v) is 14.3. The zero-order chi connectivity index (χ0) is 15.1. The first kappa shape index (κ1) is 16.2. The number of ether oxygens (including phenoxy) is 1. The molecule has 0 amide bonds. The molecule has 2 N–H and O–H groups in total. The summed E-state index contributed by atoms with van der Waals surface area (Å²) in [6.07, 6.45) is 1.00. The highest BCUT2D eigenvalue weighted by Crippen LogP contribution is 2.37. The average Bonchev–Trinajstić information content (AvgIpc) is 2.93. The van der Waals surface area contributed by atoms with Gasteiger partial charge in [0.15, 0.2) is 0 Å². The number of nitrogens with one attached hydrogen (secondary N) is 2. The monoisotopic (exact) mass is 348 g/mol. The van der Waals surface area contributed by atoms with Gasteiger partial charge >= 0.3 is 0 Å². The number of para-hydroxylation sites is 1. The van der Waals surface area contributed by atoms with Gasteiger partial charge in [-0.25, -0.2) is 0 Å². The summed E-state index contributed by atoms with van der Waals surface area (Å²) >= 11 is 6.17. The van der Waals surface area contributed by atoms with Gasteiger partial charge in [-0.2, -0.15) is 0 Å². The quantitative estimate of drug-likeness (QED) is 0.715. The summed E-state index contributed by atoms with van der Waals surface area (Å²) < 4.78 is 5.53. The minimum atomic E-state index is 0. The van der Waals surface area contributed by atoms with Crippen molar-refractivity contribution >= 4 is 34.9 Å². The predicted molar refractivity (Wildman–Crippen MR) is 97.1 cm³/mol. The van der Waals surface area contributed by atoms with Crippen LogP contribution >= 0.6 is 24.0 Å². The van der Waals surface area contributed by atoms with E-state index in [1.165, 1.54) is 16.6 Å². The summed E-state index contributed by atoms with van der Waals surface area (Å²) in [6.45, 7) is 0.940. The van der Waals surface area contributed by atoms with Crippen LogP contribution in [0.2, 0.25) is 5.02 Å². The molecule has 1 unspecified atom stereocenters. The average molecular weight is 349 g/mol. The highest BCUT2D eigenvalue weighted by molar-refractivity contribution is 6.31. The van der Waals surface area contributed by atoms with E-state index in [0.29, 0.717) is 0 Å². The second-order valence-corrected chi connectivity index (χ2v) is 6.02. The summed E-state index contributed by atoms with van der Waals surface area (Å²) in [5, 5.41) is 5.60. The molecular weight excluding hydrogens is 331 g/mol. The molecule has 120 valence electrons. The Morgan fingerprint density at radius 2 is 2.00 bits per heavy atom. The minimum absolute atomic E-state index is 0. The number of fused-ring (bicyclic) bond motifs is 3. The second kappa shape index (κ2) is 6.44. The fourth-order valence-corrected chi connectivity index (χ4v) is 3.54. The summed E-state index contributed by atoms with van der Waals surface area (Å²) in [5.41, 5.74) is 4.86. The number of hydrogen-bond donors (Lipinski definition) is 2. The molecule has 23 heavy (non-hydrogen) atoms. The fourth-order valence-electron chi connectivity index (χ4n) is 3.37. The molecule has 0 fully saturated rings. The lowest BCUT2D eigenvalue weighted by molar-refractivity contribution is 0.402. The van der Waals surface area contributed by atoms with Gasteiger partial charge in [0.1, 0.15) is 5.75 Å². The molecule has 1 aliphatic rings. The lowest BCUT2D eigenvalue weighted by Crippen LogP contribution is -2.30. The Bertz CT molecular complexity index is 844. The second-order valence-electron chi connectivity index (χ2n) is 5.59. The molecule has 0 saturated carbocycles. The van der Waals surface area contributed by atoms with E-state index < -0.39 is 0 Å². The van der Waals surface area contributed by atoms with Gasteiger partial charge < -0.3 is 15.0 Å². The molecule has 0 bridgehead atoms. The number of rotatable bonds is 2. The Morgan fingerprint density at radius 3 is 2.83 bits per heavy atom. The number of aromatic amines is 1. The van der Waals surface area contributed by atoms with Crippen LogP contribution in [0.15, 0.2) is 42.5 Å². The number of benzene rings is 2. The van der Waals surface area contributed by atoms with E-state index in [1.54, 1.807) is 7.11 Å². The van der Waals surface area contributed by atoms with Crippen molar-refractivity contribution < 1.29 is 4.74 Å². The van der Waals surface area contributed by atoms with Crippen molar-refractivity contribution in [1.29, 1.82) is 0 Å². The van der Waals surface area contributed by atoms with E-state index in [2.05, 4.69) is 28.5 Å². The minimum Gasteiger partial charge on any atom is -0.496 e. The van der Waals surface area contributed by atoms with Gasteiger partial charge in [-0.15, -0.1) is 12.4 Å². The van der Waals surface area contributed by atoms with Crippen molar-refractivity contribution in [3.8, 4) is 5.75 Å². The van der Waals surface area contributed by atoms with Crippen molar-refractivity contribution in [2.45, 2.75) is 12.5 Å². The number of methoxy groups -OCH3 is 1. The van der Waals surface area contributed by atoms with E-state index in [1.807, 2.05) is 24.3 Å². The summed E-state index contributed by atoms with van der Waals surface area (Å²) in [5.74, 6) is 0.907. The smallest absolute Gasteiger partial charge is 0.124 e. The third-order valence-corrected chi connectivity index (χ3v) is 4.60. The molecule has 4 rings (SSSR count). The summed E-state index contributed by atoms with van der Waals surface area (Å²) in [7, 11) is 1.72. The van der Waals surface area contributed by atoms with E-state index in [0.717, 1.165) is 34.8 Å². The molecule has 0 radical (unpaired) electrons. The first-order chi connectivity index (χ1) is 10.8. The Kier molecular flexibility index (Phi) is 4.53. The predicted octanol–water partition coefficient (Wildman–Crippen LogP) is 4.49. The Balaban J connectivity index is 0.00000156. The number of hydrogen-bond acceptors (Lipinski definition) is 2. The van der Waals surface area contributed by atoms with E-state index >= 15 is 0 Å². The zero-order valence-electron chi connectivity index (χ0n) is 12.7. The van der Waals surface area contributed by atoms with Crippen LogP contribution in [-0.4, -0.2) is 18.6 Å². The molecular formula is C18H18Cl2N2O. The molecule has 2 heterocycles. The Labute approximate surface area is 146 Å². The van der Waals surface area contributed by atoms with Crippen LogP contribution in [0.3, 0.4) is 0 Å². The van der Waals surface area contributed by atoms with E-state index in [9.17, 15) is 0 Å². The maximum Gasteiger partial charge on any atom is 0.124 e. The van der Waals surface area contributed by atoms with Gasteiger partial charge in [0, 0.05) is 33.7 Å². The number of H-pyrrole nitrogens is 1. The molecule has 1 aliphatic heterocycles. The Hall–Kier alpha value is -1.68. The molecule has 3 nitrogen and oxygen atoms in total. The first-order valence-electron chi connectivity index (χ1n) is 7.44. The van der Waals surface area contributed by atoms with Crippen molar-refractivity contribution in [3.05, 3.63) is 64.3 Å². The van der Waals surface area contributed by atoms with Gasteiger partial charge in [0.2, 0.25) is 0 Å². The third kappa shape index (κ3) is 2.69. The van der Waals surface area contributed by atoms with Crippen molar-refractivity contribution in [2.75, 3.05) is 13.7 Å². The van der Waals surface area contributed by atoms with E-state index in [4.69, 9.17) is 16.3 Å². The van der Waals surface area contributed by atoms with E-state index in [-0.39, 0.29) is 18.4 Å². The van der Waals surface area contributed by atoms with Gasteiger partial charge in [-0.05, 0) is 36.2 Å². The van der Waals surface area contributed by atoms with Gasteiger partial charge in [-0.1, -0.05) is 29.8 Å². The standard InChI is InChI=1S/C18H17ClN2O.ClH/c1-22-16-5-3-2-4-13(16)17-18-12(8-9-20-17)14-10-11(19)6-7-15(14)21-18;/h2-7,10,17,20-21H,8-9H2,1H3;1H. The fraction of sp³-hybridized carbons (Fsp3) is 0.222. The highest BCUT2D eigenvalue weighted by Gasteiger charge is 2.27. The van der Waals surface area contributed by atoms with Crippen molar-refractivity contribution in [1.82, 2.24) is 10.3 Å². The largest absolute Gasteiger partial charge is 0.496 e. The molecule has 0 saturated heterocycles. The first-order valence-corrected chi connectivity index (χ1v) is 7.82. The normalized spacial score (nSPS) is 16.7. The topological polar surface area (TPSA) is 37.0 Å². The molecule has 0 aliphatic carbocycles.